The normalized spacial score (nSPS) is 13.3. The summed E-state index contributed by atoms with van der Waals surface area (Å²) < 4.78 is 0. The van der Waals surface area contributed by atoms with Crippen LogP contribution in [0.25, 0.3) is 11.3 Å². The van der Waals surface area contributed by atoms with Crippen LogP contribution in [0.2, 0.25) is 0 Å². The van der Waals surface area contributed by atoms with E-state index < -0.39 is 5.97 Å². The van der Waals surface area contributed by atoms with Crippen molar-refractivity contribution in [2.24, 2.45) is 0 Å². The number of fused-ring (bicyclic) bond motifs is 1. The fraction of sp³-hybridized carbons (Fsp3) is 0.267. The Morgan fingerprint density at radius 3 is 2.74 bits per heavy atom. The molecule has 3 rings (SSSR count). The van der Waals surface area contributed by atoms with Crippen LogP contribution in [0.1, 0.15) is 33.9 Å². The Morgan fingerprint density at radius 2 is 1.95 bits per heavy atom. The van der Waals surface area contributed by atoms with Crippen molar-refractivity contribution in [3.8, 4) is 11.3 Å². The number of carboxylic acids is 1. The average molecular weight is 254 g/mol. The highest BCUT2D eigenvalue weighted by atomic mass is 16.4. The van der Waals surface area contributed by atoms with E-state index in [9.17, 15) is 4.79 Å². The zero-order valence-corrected chi connectivity index (χ0v) is 10.7. The highest BCUT2D eigenvalue weighted by Crippen LogP contribution is 2.27. The summed E-state index contributed by atoms with van der Waals surface area (Å²) in [7, 11) is 0. The summed E-state index contributed by atoms with van der Waals surface area (Å²) in [5, 5.41) is 9.01. The number of aromatic carboxylic acids is 1. The van der Waals surface area contributed by atoms with Gasteiger partial charge in [-0.05, 0) is 49.4 Å². The van der Waals surface area contributed by atoms with Crippen LogP contribution < -0.4 is 0 Å². The molecule has 0 saturated heterocycles. The van der Waals surface area contributed by atoms with Crippen LogP contribution in [0.5, 0.6) is 0 Å². The number of hydrogen-bond acceptors (Lipinski definition) is 3. The van der Waals surface area contributed by atoms with Gasteiger partial charge in [0.25, 0.3) is 0 Å². The number of benzene rings is 1. The zero-order chi connectivity index (χ0) is 13.4. The fourth-order valence-corrected chi connectivity index (χ4v) is 2.54. The van der Waals surface area contributed by atoms with Gasteiger partial charge in [-0.3, -0.25) is 0 Å². The third-order valence-electron chi connectivity index (χ3n) is 3.44. The van der Waals surface area contributed by atoms with Gasteiger partial charge in [-0.25, -0.2) is 14.8 Å². The number of aromatic nitrogens is 2. The third-order valence-corrected chi connectivity index (χ3v) is 3.44. The second-order valence-electron chi connectivity index (χ2n) is 4.86. The highest BCUT2D eigenvalue weighted by Gasteiger charge is 2.14. The lowest BCUT2D eigenvalue weighted by Gasteiger charge is -2.06. The Hall–Kier alpha value is -2.23. The monoisotopic (exact) mass is 254 g/mol. The van der Waals surface area contributed by atoms with Crippen LogP contribution in [0.15, 0.2) is 24.3 Å². The molecule has 1 aromatic carbocycles. The van der Waals surface area contributed by atoms with Gasteiger partial charge in [0.2, 0.25) is 5.82 Å². The summed E-state index contributed by atoms with van der Waals surface area (Å²) in [6, 6.07) is 8.08. The van der Waals surface area contributed by atoms with Crippen LogP contribution in [0.4, 0.5) is 0 Å². The molecular formula is C15H14N2O2. The second-order valence-corrected chi connectivity index (χ2v) is 4.86. The molecule has 0 unspecified atom stereocenters. The van der Waals surface area contributed by atoms with Gasteiger partial charge in [0.05, 0.1) is 5.69 Å². The van der Waals surface area contributed by atoms with Crippen molar-refractivity contribution in [1.82, 2.24) is 9.97 Å². The molecule has 2 aromatic rings. The van der Waals surface area contributed by atoms with Crippen molar-refractivity contribution in [2.45, 2.75) is 26.2 Å². The molecule has 0 amide bonds. The van der Waals surface area contributed by atoms with Gasteiger partial charge < -0.3 is 5.11 Å². The van der Waals surface area contributed by atoms with Crippen molar-refractivity contribution < 1.29 is 9.90 Å². The maximum absolute atomic E-state index is 11.0. The molecule has 1 N–H and O–H groups in total. The summed E-state index contributed by atoms with van der Waals surface area (Å²) in [5.41, 5.74) is 5.06. The number of carboxylic acid groups (broad SMARTS) is 1. The molecule has 1 aliphatic rings. The largest absolute Gasteiger partial charge is 0.475 e. The topological polar surface area (TPSA) is 63.1 Å². The van der Waals surface area contributed by atoms with Gasteiger partial charge in [-0.15, -0.1) is 0 Å². The molecule has 0 spiro atoms. The number of carbonyl (C=O) groups is 1. The van der Waals surface area contributed by atoms with Gasteiger partial charge in [0.1, 0.15) is 0 Å². The van der Waals surface area contributed by atoms with E-state index >= 15 is 0 Å². The summed E-state index contributed by atoms with van der Waals surface area (Å²) in [5.74, 6) is -1.23. The number of rotatable bonds is 2. The van der Waals surface area contributed by atoms with Crippen LogP contribution in [-0.2, 0) is 12.8 Å². The van der Waals surface area contributed by atoms with Crippen molar-refractivity contribution in [3.05, 3.63) is 46.9 Å². The van der Waals surface area contributed by atoms with Gasteiger partial charge in [0.15, 0.2) is 0 Å². The average Bonchev–Trinajstić information content (AvgIpc) is 2.85. The molecule has 4 nitrogen and oxygen atoms in total. The smallest absolute Gasteiger partial charge is 0.373 e. The summed E-state index contributed by atoms with van der Waals surface area (Å²) in [4.78, 5) is 19.0. The van der Waals surface area contributed by atoms with Gasteiger partial charge >= 0.3 is 5.97 Å². The number of hydrogen-bond donors (Lipinski definition) is 1. The summed E-state index contributed by atoms with van der Waals surface area (Å²) >= 11 is 0. The molecule has 0 atom stereocenters. The Morgan fingerprint density at radius 1 is 1.16 bits per heavy atom. The Balaban J connectivity index is 2.09. The molecule has 0 radical (unpaired) electrons. The minimum Gasteiger partial charge on any atom is -0.475 e. The molecule has 0 aliphatic heterocycles. The Bertz CT molecular complexity index is 665. The van der Waals surface area contributed by atoms with Crippen molar-refractivity contribution >= 4 is 5.97 Å². The summed E-state index contributed by atoms with van der Waals surface area (Å²) in [6.07, 6.45) is 3.43. The Labute approximate surface area is 111 Å². The van der Waals surface area contributed by atoms with Gasteiger partial charge in [-0.1, -0.05) is 12.1 Å². The lowest BCUT2D eigenvalue weighted by molar-refractivity contribution is 0.0683. The van der Waals surface area contributed by atoms with Crippen molar-refractivity contribution in [1.29, 1.82) is 0 Å². The van der Waals surface area contributed by atoms with E-state index in [0.717, 1.165) is 18.4 Å². The molecule has 19 heavy (non-hydrogen) atoms. The highest BCUT2D eigenvalue weighted by molar-refractivity contribution is 5.84. The minimum atomic E-state index is -1.09. The standard InChI is InChI=1S/C15H14N2O2/c1-9-7-13(17-14(16-9)15(18)19)12-6-5-10-3-2-4-11(10)8-12/h5-8H,2-4H2,1H3,(H,18,19). The molecule has 0 bridgehead atoms. The molecule has 4 heteroatoms. The van der Waals surface area contributed by atoms with E-state index in [1.54, 1.807) is 6.92 Å². The lowest BCUT2D eigenvalue weighted by Crippen LogP contribution is -2.06. The first kappa shape index (κ1) is 11.8. The van der Waals surface area contributed by atoms with E-state index in [4.69, 9.17) is 5.11 Å². The summed E-state index contributed by atoms with van der Waals surface area (Å²) in [6.45, 7) is 1.78. The van der Waals surface area contributed by atoms with Crippen molar-refractivity contribution in [2.75, 3.05) is 0 Å². The van der Waals surface area contributed by atoms with Gasteiger partial charge in [0, 0.05) is 11.3 Å². The minimum absolute atomic E-state index is 0.143. The quantitative estimate of drug-likeness (QED) is 0.894. The molecular weight excluding hydrogens is 240 g/mol. The first-order chi connectivity index (χ1) is 9.13. The van der Waals surface area contributed by atoms with Crippen LogP contribution >= 0.6 is 0 Å². The predicted octanol–water partition coefficient (Wildman–Crippen LogP) is 2.64. The third kappa shape index (κ3) is 2.21. The van der Waals surface area contributed by atoms with E-state index in [-0.39, 0.29) is 5.82 Å². The SMILES string of the molecule is Cc1cc(-c2ccc3c(c2)CCC3)nc(C(=O)O)n1. The van der Waals surface area contributed by atoms with E-state index in [1.165, 1.54) is 17.5 Å². The maximum Gasteiger partial charge on any atom is 0.373 e. The van der Waals surface area contributed by atoms with Gasteiger partial charge in [-0.2, -0.15) is 0 Å². The first-order valence-electron chi connectivity index (χ1n) is 6.34. The van der Waals surface area contributed by atoms with Crippen LogP contribution in [0, 0.1) is 6.92 Å². The second kappa shape index (κ2) is 4.46. The molecule has 96 valence electrons. The Kier molecular flexibility index (Phi) is 2.78. The van der Waals surface area contributed by atoms with E-state index in [0.29, 0.717) is 11.4 Å². The molecule has 1 aliphatic carbocycles. The maximum atomic E-state index is 11.0. The van der Waals surface area contributed by atoms with Crippen LogP contribution in [-0.4, -0.2) is 21.0 Å². The molecule has 0 fully saturated rings. The molecule has 0 saturated carbocycles. The molecule has 1 heterocycles. The van der Waals surface area contributed by atoms with E-state index in [2.05, 4.69) is 22.1 Å². The zero-order valence-electron chi connectivity index (χ0n) is 10.7. The van der Waals surface area contributed by atoms with Crippen LogP contribution in [0.3, 0.4) is 0 Å². The van der Waals surface area contributed by atoms with Crippen molar-refractivity contribution in [3.63, 3.8) is 0 Å². The van der Waals surface area contributed by atoms with E-state index in [1.807, 2.05) is 12.1 Å². The fourth-order valence-electron chi connectivity index (χ4n) is 2.54. The lowest BCUT2D eigenvalue weighted by atomic mass is 10.0. The number of aryl methyl sites for hydroxylation is 3. The predicted molar refractivity (Wildman–Crippen MR) is 71.2 cm³/mol. The molecule has 1 aromatic heterocycles. The first-order valence-corrected chi connectivity index (χ1v) is 6.34. The number of nitrogens with zero attached hydrogens (tertiary/aromatic N) is 2.